The number of aryl methyl sites for hydroxylation is 1. The molecular weight excluding hydrogens is 318 g/mol. The van der Waals surface area contributed by atoms with Crippen molar-refractivity contribution in [1.82, 2.24) is 10.2 Å². The Morgan fingerprint density at radius 2 is 1.82 bits per heavy atom. The van der Waals surface area contributed by atoms with Gasteiger partial charge in [-0.05, 0) is 48.9 Å². The summed E-state index contributed by atoms with van der Waals surface area (Å²) in [4.78, 5) is 0.568. The molecule has 0 unspecified atom stereocenters. The summed E-state index contributed by atoms with van der Waals surface area (Å²) in [6, 6.07) is 13.5. The monoisotopic (exact) mass is 331 g/mol. The van der Waals surface area contributed by atoms with E-state index in [4.69, 9.17) is 0 Å². The summed E-state index contributed by atoms with van der Waals surface area (Å²) in [5.74, 6) is 0. The van der Waals surface area contributed by atoms with Crippen molar-refractivity contribution in [2.45, 2.75) is 16.7 Å². The number of aromatic nitrogens is 2. The Kier molecular flexibility index (Phi) is 3.91. The molecule has 3 aromatic rings. The zero-order valence-corrected chi connectivity index (χ0v) is 13.4. The molecule has 1 heterocycles. The first-order chi connectivity index (χ1) is 10.6. The SMILES string of the molecule is Cc1cccc(S(=O)(=O)c2ccc(Nc3nncs3)cc2)c1. The van der Waals surface area contributed by atoms with E-state index in [2.05, 4.69) is 15.5 Å². The van der Waals surface area contributed by atoms with Gasteiger partial charge in [-0.25, -0.2) is 8.42 Å². The van der Waals surface area contributed by atoms with E-state index in [0.29, 0.717) is 10.0 Å². The van der Waals surface area contributed by atoms with Crippen LogP contribution in [0.3, 0.4) is 0 Å². The smallest absolute Gasteiger partial charge is 0.209 e. The van der Waals surface area contributed by atoms with Crippen molar-refractivity contribution in [2.75, 3.05) is 5.32 Å². The first-order valence-corrected chi connectivity index (χ1v) is 8.87. The lowest BCUT2D eigenvalue weighted by atomic mass is 10.2. The van der Waals surface area contributed by atoms with Gasteiger partial charge in [0.25, 0.3) is 0 Å². The van der Waals surface area contributed by atoms with Crippen molar-refractivity contribution in [2.24, 2.45) is 0 Å². The molecule has 0 bridgehead atoms. The minimum absolute atomic E-state index is 0.265. The van der Waals surface area contributed by atoms with Crippen LogP contribution < -0.4 is 5.32 Å². The highest BCUT2D eigenvalue weighted by Gasteiger charge is 2.17. The molecule has 3 rings (SSSR count). The molecule has 0 saturated heterocycles. The molecule has 0 radical (unpaired) electrons. The predicted molar refractivity (Wildman–Crippen MR) is 86.3 cm³/mol. The van der Waals surface area contributed by atoms with E-state index in [1.165, 1.54) is 11.3 Å². The Bertz CT molecular complexity index is 873. The molecule has 1 N–H and O–H groups in total. The Balaban J connectivity index is 1.89. The van der Waals surface area contributed by atoms with Crippen LogP contribution >= 0.6 is 11.3 Å². The van der Waals surface area contributed by atoms with Gasteiger partial charge >= 0.3 is 0 Å². The highest BCUT2D eigenvalue weighted by molar-refractivity contribution is 7.91. The normalized spacial score (nSPS) is 11.3. The Hall–Kier alpha value is -2.25. The van der Waals surface area contributed by atoms with E-state index in [1.807, 2.05) is 13.0 Å². The molecule has 0 aliphatic heterocycles. The van der Waals surface area contributed by atoms with Crippen molar-refractivity contribution in [3.63, 3.8) is 0 Å². The van der Waals surface area contributed by atoms with Crippen molar-refractivity contribution in [3.8, 4) is 0 Å². The van der Waals surface area contributed by atoms with Crippen molar-refractivity contribution in [3.05, 3.63) is 59.6 Å². The number of benzene rings is 2. The molecule has 5 nitrogen and oxygen atoms in total. The summed E-state index contributed by atoms with van der Waals surface area (Å²) in [5.41, 5.74) is 3.30. The van der Waals surface area contributed by atoms with Crippen LogP contribution in [0.1, 0.15) is 5.56 Å². The maximum atomic E-state index is 12.6. The Morgan fingerprint density at radius 1 is 1.05 bits per heavy atom. The largest absolute Gasteiger partial charge is 0.330 e. The molecule has 0 atom stereocenters. The molecule has 2 aromatic carbocycles. The van der Waals surface area contributed by atoms with Crippen LogP contribution in [0.25, 0.3) is 0 Å². The first kappa shape index (κ1) is 14.7. The van der Waals surface area contributed by atoms with Gasteiger partial charge in [-0.15, -0.1) is 10.2 Å². The topological polar surface area (TPSA) is 72.0 Å². The van der Waals surface area contributed by atoms with E-state index in [-0.39, 0.29) is 4.90 Å². The van der Waals surface area contributed by atoms with Gasteiger partial charge in [0.2, 0.25) is 15.0 Å². The fraction of sp³-hybridized carbons (Fsp3) is 0.0667. The molecule has 0 amide bonds. The minimum Gasteiger partial charge on any atom is -0.330 e. The quantitative estimate of drug-likeness (QED) is 0.793. The zero-order valence-electron chi connectivity index (χ0n) is 11.7. The molecule has 0 aliphatic rings. The van der Waals surface area contributed by atoms with Crippen LogP contribution in [0.15, 0.2) is 63.8 Å². The number of hydrogen-bond acceptors (Lipinski definition) is 6. The first-order valence-electron chi connectivity index (χ1n) is 6.51. The number of hydrogen-bond donors (Lipinski definition) is 1. The lowest BCUT2D eigenvalue weighted by molar-refractivity contribution is 0.596. The van der Waals surface area contributed by atoms with Crippen LogP contribution in [0.5, 0.6) is 0 Å². The third-order valence-electron chi connectivity index (χ3n) is 3.08. The minimum atomic E-state index is -3.49. The fourth-order valence-corrected chi connectivity index (χ4v) is 3.82. The van der Waals surface area contributed by atoms with E-state index >= 15 is 0 Å². The second-order valence-corrected chi connectivity index (χ2v) is 7.50. The molecule has 7 heteroatoms. The van der Waals surface area contributed by atoms with Gasteiger partial charge in [0.15, 0.2) is 0 Å². The number of sulfone groups is 1. The maximum absolute atomic E-state index is 12.6. The third kappa shape index (κ3) is 3.00. The molecule has 0 spiro atoms. The summed E-state index contributed by atoms with van der Waals surface area (Å²) < 4.78 is 25.1. The highest BCUT2D eigenvalue weighted by Crippen LogP contribution is 2.24. The zero-order chi connectivity index (χ0) is 15.6. The average molecular weight is 331 g/mol. The maximum Gasteiger partial charge on any atom is 0.209 e. The van der Waals surface area contributed by atoms with Gasteiger partial charge < -0.3 is 5.32 Å². The standard InChI is InChI=1S/C15H13N3O2S2/c1-11-3-2-4-14(9-11)22(19,20)13-7-5-12(6-8-13)17-15-18-16-10-21-15/h2-10H,1H3,(H,17,18). The molecule has 0 fully saturated rings. The Labute approximate surface area is 132 Å². The molecule has 112 valence electrons. The number of anilines is 2. The summed E-state index contributed by atoms with van der Waals surface area (Å²) >= 11 is 1.37. The van der Waals surface area contributed by atoms with Crippen molar-refractivity contribution in [1.29, 1.82) is 0 Å². The van der Waals surface area contributed by atoms with Crippen LogP contribution in [-0.4, -0.2) is 18.6 Å². The van der Waals surface area contributed by atoms with Crippen molar-refractivity contribution >= 4 is 32.0 Å². The van der Waals surface area contributed by atoms with Gasteiger partial charge in [-0.3, -0.25) is 0 Å². The number of nitrogens with one attached hydrogen (secondary N) is 1. The summed E-state index contributed by atoms with van der Waals surface area (Å²) in [6.07, 6.45) is 0. The van der Waals surface area contributed by atoms with Gasteiger partial charge in [0, 0.05) is 5.69 Å². The van der Waals surface area contributed by atoms with Gasteiger partial charge in [-0.1, -0.05) is 23.5 Å². The predicted octanol–water partition coefficient (Wildman–Crippen LogP) is 3.42. The highest BCUT2D eigenvalue weighted by atomic mass is 32.2. The van der Waals surface area contributed by atoms with Crippen molar-refractivity contribution < 1.29 is 8.42 Å². The van der Waals surface area contributed by atoms with Gasteiger partial charge in [0.1, 0.15) is 5.51 Å². The second kappa shape index (κ2) is 5.86. The summed E-state index contributed by atoms with van der Waals surface area (Å²) in [7, 11) is -3.49. The molecule has 0 saturated carbocycles. The summed E-state index contributed by atoms with van der Waals surface area (Å²) in [5, 5.41) is 11.3. The van der Waals surface area contributed by atoms with Crippen LogP contribution in [0, 0.1) is 6.92 Å². The van der Waals surface area contributed by atoms with Crippen LogP contribution in [-0.2, 0) is 9.84 Å². The van der Waals surface area contributed by atoms with E-state index in [9.17, 15) is 8.42 Å². The number of nitrogens with zero attached hydrogens (tertiary/aromatic N) is 2. The number of rotatable bonds is 4. The summed E-state index contributed by atoms with van der Waals surface area (Å²) in [6.45, 7) is 1.87. The average Bonchev–Trinajstić information content (AvgIpc) is 3.01. The van der Waals surface area contributed by atoms with E-state index < -0.39 is 9.84 Å². The lowest BCUT2D eigenvalue weighted by Gasteiger charge is -2.07. The fourth-order valence-electron chi connectivity index (χ4n) is 1.99. The molecule has 22 heavy (non-hydrogen) atoms. The van der Waals surface area contributed by atoms with Gasteiger partial charge in [0.05, 0.1) is 9.79 Å². The van der Waals surface area contributed by atoms with Crippen LogP contribution in [0.2, 0.25) is 0 Å². The van der Waals surface area contributed by atoms with Crippen LogP contribution in [0.4, 0.5) is 10.8 Å². The lowest BCUT2D eigenvalue weighted by Crippen LogP contribution is -2.02. The third-order valence-corrected chi connectivity index (χ3v) is 5.45. The van der Waals surface area contributed by atoms with Gasteiger partial charge in [-0.2, -0.15) is 0 Å². The van der Waals surface area contributed by atoms with E-state index in [1.54, 1.807) is 48.0 Å². The second-order valence-electron chi connectivity index (χ2n) is 4.71. The molecule has 1 aromatic heterocycles. The van der Waals surface area contributed by atoms with E-state index in [0.717, 1.165) is 11.3 Å². The Morgan fingerprint density at radius 3 is 2.45 bits per heavy atom. The molecular formula is C15H13N3O2S2. The molecule has 0 aliphatic carbocycles.